The molecule has 0 N–H and O–H groups in total. The van der Waals surface area contributed by atoms with E-state index >= 15 is 0 Å². The summed E-state index contributed by atoms with van der Waals surface area (Å²) in [5.41, 5.74) is 0.352. The summed E-state index contributed by atoms with van der Waals surface area (Å²) in [4.78, 5) is 17.4. The predicted octanol–water partition coefficient (Wildman–Crippen LogP) is 6.45. The number of carbonyl (C=O) groups excluding carboxylic acids is 1. The van der Waals surface area contributed by atoms with Gasteiger partial charge in [-0.25, -0.2) is 4.79 Å². The molecule has 0 aliphatic carbocycles. The molecule has 2 aliphatic rings. The fourth-order valence-corrected chi connectivity index (χ4v) is 5.94. The first-order chi connectivity index (χ1) is 18.0. The second-order valence-corrected chi connectivity index (χ2v) is 10.8. The minimum absolute atomic E-state index is 0.192. The maximum Gasteiger partial charge on any atom is 0.411 e. The largest absolute Gasteiger partial charge is 0.444 e. The number of carbonyl (C=O) groups is 1. The van der Waals surface area contributed by atoms with Gasteiger partial charge < -0.3 is 4.74 Å². The second-order valence-electron chi connectivity index (χ2n) is 10.8. The molecule has 2 saturated heterocycles. The molecule has 3 aromatic rings. The summed E-state index contributed by atoms with van der Waals surface area (Å²) in [6, 6.07) is 30.6. The van der Waals surface area contributed by atoms with Crippen LogP contribution in [0, 0.1) is 0 Å². The fourth-order valence-electron chi connectivity index (χ4n) is 5.94. The molecule has 2 unspecified atom stereocenters. The highest BCUT2D eigenvalue weighted by atomic mass is 16.6. The van der Waals surface area contributed by atoms with Gasteiger partial charge in [0, 0.05) is 23.2 Å². The van der Waals surface area contributed by atoms with Crippen LogP contribution in [0.3, 0.4) is 0 Å². The molecule has 4 heteroatoms. The molecule has 0 saturated carbocycles. The molecule has 1 amide bonds. The quantitative estimate of drug-likeness (QED) is 0.410. The van der Waals surface area contributed by atoms with Crippen molar-refractivity contribution in [3.8, 4) is 0 Å². The van der Waals surface area contributed by atoms with Gasteiger partial charge in [0.25, 0.3) is 0 Å². The molecule has 0 radical (unpaired) electrons. The summed E-state index contributed by atoms with van der Waals surface area (Å²) in [6.07, 6.45) is 0.474. The SMILES string of the molecule is [2H]C([2H])([2H])C12CCC(CN(C(c3ccccc3)(c3ccccc3)c3ccccc3)C1)N2C(=O)OC(C)(C)C. The highest BCUT2D eigenvalue weighted by molar-refractivity contribution is 5.70. The molecule has 3 aromatic carbocycles. The number of fused-ring (bicyclic) bond motifs is 2. The van der Waals surface area contributed by atoms with Crippen molar-refractivity contribution in [2.24, 2.45) is 0 Å². The van der Waals surface area contributed by atoms with Gasteiger partial charge in [-0.2, -0.15) is 0 Å². The maximum atomic E-state index is 13.5. The van der Waals surface area contributed by atoms with Crippen molar-refractivity contribution >= 4 is 6.09 Å². The zero-order valence-electron chi connectivity index (χ0n) is 23.8. The standard InChI is InChI=1S/C31H36N2O2/c1-29(2,3)35-28(34)33-27-20-21-30(33,4)23-32(22-27)31(24-14-8-5-9-15-24,25-16-10-6-11-17-25)26-18-12-7-13-19-26/h5-19,27H,20-23H2,1-4H3/i4D3. The van der Waals surface area contributed by atoms with Gasteiger partial charge in [0.1, 0.15) is 5.60 Å². The van der Waals surface area contributed by atoms with Crippen molar-refractivity contribution in [3.63, 3.8) is 0 Å². The molecule has 0 aromatic heterocycles. The summed E-state index contributed by atoms with van der Waals surface area (Å²) in [7, 11) is 0. The monoisotopic (exact) mass is 471 g/mol. The van der Waals surface area contributed by atoms with E-state index < -0.39 is 29.6 Å². The second kappa shape index (κ2) is 8.83. The molecule has 5 rings (SSSR count). The Labute approximate surface area is 213 Å². The van der Waals surface area contributed by atoms with E-state index in [1.165, 1.54) is 0 Å². The van der Waals surface area contributed by atoms with Crippen molar-refractivity contribution in [3.05, 3.63) is 108 Å². The Morgan fingerprint density at radius 1 is 0.886 bits per heavy atom. The van der Waals surface area contributed by atoms with Crippen LogP contribution in [-0.2, 0) is 10.3 Å². The Hall–Kier alpha value is -3.11. The summed E-state index contributed by atoms with van der Waals surface area (Å²) in [6.45, 7) is 3.77. The number of piperazine rings is 1. The fraction of sp³-hybridized carbons (Fsp3) is 0.387. The van der Waals surface area contributed by atoms with Crippen LogP contribution in [0.2, 0.25) is 0 Å². The molecule has 2 bridgehead atoms. The van der Waals surface area contributed by atoms with Crippen LogP contribution in [0.1, 0.15) is 61.3 Å². The minimum atomic E-state index is -2.40. The molecule has 35 heavy (non-hydrogen) atoms. The molecule has 2 fully saturated rings. The number of hydrogen-bond donors (Lipinski definition) is 0. The molecule has 2 aliphatic heterocycles. The van der Waals surface area contributed by atoms with E-state index in [0.717, 1.165) is 16.7 Å². The minimum Gasteiger partial charge on any atom is -0.444 e. The van der Waals surface area contributed by atoms with Gasteiger partial charge in [0.2, 0.25) is 0 Å². The summed E-state index contributed by atoms with van der Waals surface area (Å²) in [5, 5.41) is 0. The third-order valence-corrected chi connectivity index (χ3v) is 7.24. The van der Waals surface area contributed by atoms with Gasteiger partial charge in [0.15, 0.2) is 0 Å². The predicted molar refractivity (Wildman–Crippen MR) is 140 cm³/mol. The van der Waals surface area contributed by atoms with Crippen LogP contribution in [0.15, 0.2) is 91.0 Å². The van der Waals surface area contributed by atoms with Crippen LogP contribution in [0.5, 0.6) is 0 Å². The van der Waals surface area contributed by atoms with E-state index in [0.29, 0.717) is 19.4 Å². The molecule has 4 nitrogen and oxygen atoms in total. The maximum absolute atomic E-state index is 13.5. The number of ether oxygens (including phenoxy) is 1. The number of rotatable bonds is 4. The molecular formula is C31H36N2O2. The lowest BCUT2D eigenvalue weighted by Gasteiger charge is -2.54. The van der Waals surface area contributed by atoms with E-state index in [2.05, 4.69) is 41.3 Å². The third-order valence-electron chi connectivity index (χ3n) is 7.24. The number of likely N-dealkylation sites (tertiary alicyclic amines) is 1. The van der Waals surface area contributed by atoms with Crippen LogP contribution < -0.4 is 0 Å². The molecule has 182 valence electrons. The number of nitrogens with zero attached hydrogens (tertiary/aromatic N) is 2. The lowest BCUT2D eigenvalue weighted by molar-refractivity contribution is -0.0433. The van der Waals surface area contributed by atoms with Crippen LogP contribution in [0.25, 0.3) is 0 Å². The zero-order valence-corrected chi connectivity index (χ0v) is 20.8. The molecule has 2 heterocycles. The Kier molecular flexibility index (Phi) is 5.08. The van der Waals surface area contributed by atoms with E-state index in [1.807, 2.05) is 75.4 Å². The Morgan fingerprint density at radius 3 is 1.80 bits per heavy atom. The lowest BCUT2D eigenvalue weighted by atomic mass is 9.74. The lowest BCUT2D eigenvalue weighted by Crippen LogP contribution is -2.66. The topological polar surface area (TPSA) is 32.8 Å². The first-order valence-electron chi connectivity index (χ1n) is 13.9. The smallest absolute Gasteiger partial charge is 0.411 e. The molecule has 2 atom stereocenters. The van der Waals surface area contributed by atoms with Gasteiger partial charge >= 0.3 is 6.09 Å². The van der Waals surface area contributed by atoms with Gasteiger partial charge in [-0.05, 0) is 57.2 Å². The van der Waals surface area contributed by atoms with Crippen LogP contribution >= 0.6 is 0 Å². The van der Waals surface area contributed by atoms with E-state index in [4.69, 9.17) is 8.85 Å². The Bertz CT molecular complexity index is 1160. The average molecular weight is 472 g/mol. The van der Waals surface area contributed by atoms with Crippen LogP contribution in [0.4, 0.5) is 4.79 Å². The summed E-state index contributed by atoms with van der Waals surface area (Å²) >= 11 is 0. The first kappa shape index (κ1) is 20.1. The van der Waals surface area contributed by atoms with Crippen molar-refractivity contribution in [2.75, 3.05) is 13.1 Å². The van der Waals surface area contributed by atoms with Gasteiger partial charge in [0.05, 0.1) is 11.1 Å². The summed E-state index contributed by atoms with van der Waals surface area (Å²) in [5.74, 6) is 0. The van der Waals surface area contributed by atoms with Gasteiger partial charge in [-0.1, -0.05) is 91.0 Å². The normalized spacial score (nSPS) is 24.4. The number of benzene rings is 3. The van der Waals surface area contributed by atoms with Crippen LogP contribution in [-0.4, -0.2) is 46.2 Å². The molecular weight excluding hydrogens is 432 g/mol. The highest BCUT2D eigenvalue weighted by Crippen LogP contribution is 2.49. The average Bonchev–Trinajstić information content (AvgIpc) is 3.13. The molecule has 0 spiro atoms. The van der Waals surface area contributed by atoms with Crippen molar-refractivity contribution in [2.45, 2.75) is 63.2 Å². The Balaban J connectivity index is 1.72. The number of hydrogen-bond acceptors (Lipinski definition) is 3. The van der Waals surface area contributed by atoms with E-state index in [-0.39, 0.29) is 12.6 Å². The van der Waals surface area contributed by atoms with Gasteiger partial charge in [-0.3, -0.25) is 9.80 Å². The van der Waals surface area contributed by atoms with Crippen molar-refractivity contribution in [1.29, 1.82) is 0 Å². The highest BCUT2D eigenvalue weighted by Gasteiger charge is 2.56. The first-order valence-corrected chi connectivity index (χ1v) is 12.4. The third kappa shape index (κ3) is 4.14. The van der Waals surface area contributed by atoms with Gasteiger partial charge in [-0.15, -0.1) is 0 Å². The van der Waals surface area contributed by atoms with E-state index in [9.17, 15) is 4.79 Å². The van der Waals surface area contributed by atoms with E-state index in [1.54, 1.807) is 4.90 Å². The van der Waals surface area contributed by atoms with Crippen molar-refractivity contribution < 1.29 is 13.6 Å². The zero-order chi connectivity index (χ0) is 27.2. The number of amides is 1. The Morgan fingerprint density at radius 2 is 1.37 bits per heavy atom. The van der Waals surface area contributed by atoms with Crippen molar-refractivity contribution in [1.82, 2.24) is 9.80 Å². The summed E-state index contributed by atoms with van der Waals surface area (Å²) < 4.78 is 31.9.